The third-order valence-corrected chi connectivity index (χ3v) is 32.3. The Bertz CT molecular complexity index is 9490. The van der Waals surface area contributed by atoms with Crippen LogP contribution in [0, 0.1) is 11.6 Å². The van der Waals surface area contributed by atoms with Crippen molar-refractivity contribution in [1.29, 1.82) is 0 Å². The summed E-state index contributed by atoms with van der Waals surface area (Å²) in [5.74, 6) is 1.70. The Morgan fingerprint density at radius 1 is 0.208 bits per heavy atom. The van der Waals surface area contributed by atoms with Crippen molar-refractivity contribution in [2.75, 3.05) is 4.90 Å². The first-order valence-electron chi connectivity index (χ1n) is 51.2. The molecule has 0 saturated heterocycles. The van der Waals surface area contributed by atoms with Crippen molar-refractivity contribution in [3.63, 3.8) is 0 Å². The lowest BCUT2D eigenvalue weighted by Gasteiger charge is -2.39. The molecule has 2 aliphatic heterocycles. The molecule has 0 unspecified atom stereocenters. The minimum atomic E-state index is -0.261. The summed E-state index contributed by atoms with van der Waals surface area (Å²) in [7, 11) is 0. The summed E-state index contributed by atoms with van der Waals surface area (Å²) in [6, 6.07) is 143. The zero-order valence-electron chi connectivity index (χ0n) is 82.9. The Morgan fingerprint density at radius 3 is 0.812 bits per heavy atom. The van der Waals surface area contributed by atoms with Crippen molar-refractivity contribution in [2.24, 2.45) is 0 Å². The molecule has 27 rings (SSSR count). The predicted molar refractivity (Wildman–Crippen MR) is 611 cm³/mol. The number of halogens is 2. The molecule has 19 aromatic carbocycles. The summed E-state index contributed by atoms with van der Waals surface area (Å²) in [6.07, 6.45) is 0. The Labute approximate surface area is 842 Å². The number of anilines is 3. The van der Waals surface area contributed by atoms with Crippen LogP contribution >= 0.6 is 11.8 Å². The van der Waals surface area contributed by atoms with Crippen LogP contribution in [0.1, 0.15) is 152 Å². The maximum absolute atomic E-state index is 15.0. The van der Waals surface area contributed by atoms with Gasteiger partial charge in [-0.05, 0) is 238 Å². The number of fused-ring (bicyclic) bond motifs is 28. The molecule has 696 valence electrons. The second-order valence-corrected chi connectivity index (χ2v) is 42.5. The minimum Gasteiger partial charge on any atom is -0.311 e. The van der Waals surface area contributed by atoms with E-state index in [1.54, 1.807) is 24.3 Å². The van der Waals surface area contributed by atoms with E-state index in [0.29, 0.717) is 35.5 Å². The Balaban J connectivity index is 0.000000147. The van der Waals surface area contributed by atoms with Crippen LogP contribution in [0.3, 0.4) is 0 Å². The molecule has 0 aliphatic carbocycles. The lowest BCUT2D eigenvalue weighted by Crippen LogP contribution is -2.59. The highest BCUT2D eigenvalue weighted by molar-refractivity contribution is 8.00. The molecule has 8 heterocycles. The first-order valence-corrected chi connectivity index (χ1v) is 52.0. The average molecular weight is 1880 g/mol. The van der Waals surface area contributed by atoms with Crippen LogP contribution in [-0.4, -0.2) is 40.8 Å². The van der Waals surface area contributed by atoms with Crippen molar-refractivity contribution in [1.82, 2.24) is 27.4 Å². The number of aromatic nitrogens is 6. The first kappa shape index (κ1) is 88.3. The van der Waals surface area contributed by atoms with E-state index in [2.05, 4.69) is 461 Å². The lowest BCUT2D eigenvalue weighted by molar-refractivity contribution is 0.627. The third-order valence-electron chi connectivity index (χ3n) is 31.1. The normalized spacial score (nSPS) is 12.8. The number of rotatable bonds is 15. The smallest absolute Gasteiger partial charge is 0.247 e. The molecular formula is C132H107B2F2N7S. The summed E-state index contributed by atoms with van der Waals surface area (Å²) in [4.78, 5) is 5.10. The van der Waals surface area contributed by atoms with Crippen LogP contribution in [-0.2, 0) is 0 Å². The van der Waals surface area contributed by atoms with E-state index in [-0.39, 0.29) is 25.1 Å². The fourth-order valence-electron chi connectivity index (χ4n) is 24.8. The fourth-order valence-corrected chi connectivity index (χ4v) is 26.0. The molecule has 0 amide bonds. The highest BCUT2D eigenvalue weighted by Crippen LogP contribution is 2.55. The number of nitrogens with zero attached hydrogens (tertiary/aromatic N) is 7. The van der Waals surface area contributed by atoms with Gasteiger partial charge >= 0.3 is 0 Å². The van der Waals surface area contributed by atoms with Crippen LogP contribution in [0.4, 0.5) is 25.8 Å². The molecule has 12 heteroatoms. The van der Waals surface area contributed by atoms with E-state index in [9.17, 15) is 8.78 Å². The maximum atomic E-state index is 15.0. The summed E-state index contributed by atoms with van der Waals surface area (Å²) < 4.78 is 44.6. The molecule has 0 N–H and O–H groups in total. The zero-order valence-corrected chi connectivity index (χ0v) is 83.8. The van der Waals surface area contributed by atoms with Crippen molar-refractivity contribution in [3.05, 3.63) is 439 Å². The SMILES string of the molecule is CC(C)c1cc(C(C)C)c(B2c3ccccc3N(c3ccccc3)c3cc(-n4c5ccccc5c5c6c(c7ccccc7n6-c6ccc(F)cc6)c6c(c7ccccc7n6-c6ccccc6)c54)ccc32)c(C(C)C)c1.CC(C)c1cc(C(C)C)c(B2c3ccccc3Sc3cc(-n4c5ccccc5c5c6c(c7ccccc7n6-c6ccc(F)cc6)c6c(c7ccccc7n6-c6ccccc6)c54)ccc32)c(C(C)C)c1. The van der Waals surface area contributed by atoms with Crippen LogP contribution in [0.5, 0.6) is 0 Å². The number of benzene rings is 19. The van der Waals surface area contributed by atoms with E-state index in [1.165, 1.54) is 119 Å². The van der Waals surface area contributed by atoms with Gasteiger partial charge in [0.25, 0.3) is 0 Å². The second-order valence-electron chi connectivity index (χ2n) is 41.4. The molecule has 0 spiro atoms. The van der Waals surface area contributed by atoms with Gasteiger partial charge in [0.2, 0.25) is 13.4 Å². The van der Waals surface area contributed by atoms with Crippen LogP contribution in [0.15, 0.2) is 404 Å². The predicted octanol–water partition coefficient (Wildman–Crippen LogP) is 32.3. The molecule has 0 radical (unpaired) electrons. The Morgan fingerprint density at radius 2 is 0.465 bits per heavy atom. The average Bonchev–Trinajstić information content (AvgIpc) is 1.48. The summed E-state index contributed by atoms with van der Waals surface area (Å²) in [6.45, 7) is 28.3. The van der Waals surface area contributed by atoms with Crippen LogP contribution in [0.2, 0.25) is 0 Å². The van der Waals surface area contributed by atoms with E-state index in [4.69, 9.17) is 0 Å². The van der Waals surface area contributed by atoms with Gasteiger partial charge in [0.15, 0.2) is 0 Å². The molecule has 0 atom stereocenters. The van der Waals surface area contributed by atoms with Gasteiger partial charge in [-0.3, -0.25) is 0 Å². The first-order chi connectivity index (χ1) is 70.3. The van der Waals surface area contributed by atoms with Crippen LogP contribution < -0.4 is 37.7 Å². The topological polar surface area (TPSA) is 32.8 Å². The molecule has 6 aromatic heterocycles. The Hall–Kier alpha value is -15.9. The van der Waals surface area contributed by atoms with Gasteiger partial charge < -0.3 is 32.3 Å². The minimum absolute atomic E-state index is 0.0130. The maximum Gasteiger partial charge on any atom is 0.247 e. The van der Waals surface area contributed by atoms with Crippen molar-refractivity contribution in [2.45, 2.75) is 128 Å². The molecule has 25 aromatic rings. The van der Waals surface area contributed by atoms with Crippen molar-refractivity contribution in [3.8, 4) is 34.1 Å². The second kappa shape index (κ2) is 34.5. The van der Waals surface area contributed by atoms with Gasteiger partial charge in [-0.15, -0.1) is 0 Å². The molecular weight excluding hydrogens is 1780 g/mol. The van der Waals surface area contributed by atoms with E-state index in [1.807, 2.05) is 36.0 Å². The largest absolute Gasteiger partial charge is 0.311 e. The van der Waals surface area contributed by atoms with Gasteiger partial charge in [0.05, 0.1) is 66.2 Å². The summed E-state index contributed by atoms with van der Waals surface area (Å²) in [5, 5.41) is 14.0. The fraction of sp³-hybridized carbons (Fsp3) is 0.136. The molecule has 144 heavy (non-hydrogen) atoms. The lowest BCUT2D eigenvalue weighted by atomic mass is 9.33. The molecule has 7 nitrogen and oxygen atoms in total. The third kappa shape index (κ3) is 13.5. The molecule has 0 bridgehead atoms. The van der Waals surface area contributed by atoms with Crippen LogP contribution in [0.25, 0.3) is 165 Å². The number of hydrogen-bond acceptors (Lipinski definition) is 2. The highest BCUT2D eigenvalue weighted by Gasteiger charge is 2.42. The quantitative estimate of drug-likeness (QED) is 0.0959. The van der Waals surface area contributed by atoms with Gasteiger partial charge in [0, 0.05) is 126 Å². The van der Waals surface area contributed by atoms with E-state index >= 15 is 0 Å². The van der Waals surface area contributed by atoms with Gasteiger partial charge in [-0.1, -0.05) is 353 Å². The highest BCUT2D eigenvalue weighted by atomic mass is 32.2. The monoisotopic (exact) mass is 1880 g/mol. The zero-order chi connectivity index (χ0) is 97.6. The van der Waals surface area contributed by atoms with Gasteiger partial charge in [-0.25, -0.2) is 8.78 Å². The summed E-state index contributed by atoms with van der Waals surface area (Å²) in [5.41, 5.74) is 39.9. The van der Waals surface area contributed by atoms with E-state index in [0.717, 1.165) is 139 Å². The molecule has 2 aliphatic rings. The number of para-hydroxylation sites is 10. The Kier molecular flexibility index (Phi) is 21.2. The molecule has 0 fully saturated rings. The van der Waals surface area contributed by atoms with Gasteiger partial charge in [0.1, 0.15) is 11.6 Å². The standard InChI is InChI=1S/C69H56BFN4.C63H51BFN3S/c1-42(2)45-39-54(43(3)4)66(55(40-45)44(5)6)70-56-28-16-20-32-61(56)72(47-21-9-7-10-22-47)62-41-50(37-38-57(62)70)75-60-31-19-15-27-53(60)65-68-63(52-26-14-18-30-59(52)74(68)49-35-33-46(71)34-36-49)67-64(69(65)75)51-25-13-17-29-58(51)73(67)48-23-11-8-12-24-48;1-37(2)40-34-48(38(3)4)60(49(35-40)39(5)6)64-50-23-13-17-27-55(50)69-56-36-44(32-33-51(56)64)68-54-26-16-12-22-47(54)59-62-57(46-21-11-15-25-53(46)67(62)43-30-28-41(65)29-31-43)61-58(63(59)68)45-20-10-14-24-52(45)66(61)42-18-8-7-9-19-42/h7-44H,1-6H3;7-39H,1-6H3. The van der Waals surface area contributed by atoms with Gasteiger partial charge in [-0.2, -0.15) is 0 Å². The van der Waals surface area contributed by atoms with Crippen molar-refractivity contribution >= 4 is 206 Å². The van der Waals surface area contributed by atoms with E-state index < -0.39 is 0 Å². The number of hydrogen-bond donors (Lipinski definition) is 0. The van der Waals surface area contributed by atoms with Crippen molar-refractivity contribution < 1.29 is 8.78 Å². The molecule has 0 saturated carbocycles. The summed E-state index contributed by atoms with van der Waals surface area (Å²) >= 11 is 1.90.